The topological polar surface area (TPSA) is 49.4 Å². The lowest BCUT2D eigenvalue weighted by atomic mass is 10.1. The van der Waals surface area contributed by atoms with Gasteiger partial charge in [-0.2, -0.15) is 0 Å². The molecular weight excluding hydrogens is 304 g/mol. The van der Waals surface area contributed by atoms with Crippen LogP contribution in [0.1, 0.15) is 44.6 Å². The van der Waals surface area contributed by atoms with Crippen molar-refractivity contribution in [1.29, 1.82) is 0 Å². The van der Waals surface area contributed by atoms with Gasteiger partial charge in [-0.05, 0) is 23.8 Å². The minimum Gasteiger partial charge on any atom is -0.310 e. The highest BCUT2D eigenvalue weighted by atomic mass is 32.2. The fourth-order valence-corrected chi connectivity index (χ4v) is 5.07. The maximum atomic E-state index is 12.8. The summed E-state index contributed by atoms with van der Waals surface area (Å²) >= 11 is 1.52. The molecule has 0 amide bonds. The summed E-state index contributed by atoms with van der Waals surface area (Å²) in [5.41, 5.74) is 0.844. The fourth-order valence-electron chi connectivity index (χ4n) is 2.07. The van der Waals surface area contributed by atoms with Crippen LogP contribution in [0.5, 0.6) is 0 Å². The van der Waals surface area contributed by atoms with E-state index < -0.39 is 10.0 Å². The first kappa shape index (κ1) is 18.6. The Labute approximate surface area is 133 Å². The Morgan fingerprint density at radius 3 is 2.48 bits per heavy atom. The van der Waals surface area contributed by atoms with Crippen molar-refractivity contribution in [2.75, 3.05) is 13.6 Å². The van der Waals surface area contributed by atoms with Crippen LogP contribution >= 0.6 is 11.3 Å². The number of sulfonamides is 1. The van der Waals surface area contributed by atoms with E-state index >= 15 is 0 Å². The van der Waals surface area contributed by atoms with Gasteiger partial charge >= 0.3 is 0 Å². The predicted molar refractivity (Wildman–Crippen MR) is 90.3 cm³/mol. The molecule has 1 N–H and O–H groups in total. The van der Waals surface area contributed by atoms with Gasteiger partial charge in [0.25, 0.3) is 0 Å². The Balaban J connectivity index is 3.04. The number of hydrogen-bond donors (Lipinski definition) is 1. The fraction of sp³-hybridized carbons (Fsp3) is 0.733. The summed E-state index contributed by atoms with van der Waals surface area (Å²) in [4.78, 5) is 1.39. The monoisotopic (exact) mass is 332 g/mol. The normalized spacial score (nSPS) is 14.1. The van der Waals surface area contributed by atoms with Crippen LogP contribution in [0.15, 0.2) is 10.3 Å². The molecule has 1 aromatic heterocycles. The number of nitrogens with zero attached hydrogens (tertiary/aromatic N) is 1. The minimum absolute atomic E-state index is 0.334. The van der Waals surface area contributed by atoms with E-state index in [1.54, 1.807) is 7.05 Å². The summed E-state index contributed by atoms with van der Waals surface area (Å²) in [7, 11) is -1.73. The molecule has 1 heterocycles. The molecule has 0 aromatic carbocycles. The van der Waals surface area contributed by atoms with Gasteiger partial charge in [-0.1, -0.05) is 34.1 Å². The average Bonchev–Trinajstić information content (AvgIpc) is 2.77. The SMILES string of the molecule is CCC(C)CN(C)S(=O)(=O)c1c(C)csc1CNC(C)C. The van der Waals surface area contributed by atoms with Gasteiger partial charge in [-0.3, -0.25) is 0 Å². The van der Waals surface area contributed by atoms with Crippen molar-refractivity contribution in [3.8, 4) is 0 Å². The maximum absolute atomic E-state index is 12.8. The van der Waals surface area contributed by atoms with Crippen molar-refractivity contribution in [2.45, 2.75) is 58.5 Å². The van der Waals surface area contributed by atoms with Crippen LogP contribution in [-0.4, -0.2) is 32.4 Å². The van der Waals surface area contributed by atoms with E-state index in [-0.39, 0.29) is 0 Å². The van der Waals surface area contributed by atoms with Crippen molar-refractivity contribution in [1.82, 2.24) is 9.62 Å². The number of thiophene rings is 1. The van der Waals surface area contributed by atoms with Crippen molar-refractivity contribution in [3.63, 3.8) is 0 Å². The van der Waals surface area contributed by atoms with Crippen molar-refractivity contribution < 1.29 is 8.42 Å². The third-order valence-electron chi connectivity index (χ3n) is 3.59. The lowest BCUT2D eigenvalue weighted by Gasteiger charge is -2.21. The van der Waals surface area contributed by atoms with E-state index in [1.807, 2.05) is 12.3 Å². The first-order valence-electron chi connectivity index (χ1n) is 7.46. The van der Waals surface area contributed by atoms with Crippen LogP contribution in [0.3, 0.4) is 0 Å². The summed E-state index contributed by atoms with van der Waals surface area (Å²) in [6, 6.07) is 0.334. The van der Waals surface area contributed by atoms with E-state index in [1.165, 1.54) is 15.6 Å². The van der Waals surface area contributed by atoms with Gasteiger partial charge in [-0.25, -0.2) is 12.7 Å². The molecule has 1 rings (SSSR count). The van der Waals surface area contributed by atoms with Crippen LogP contribution < -0.4 is 5.32 Å². The third kappa shape index (κ3) is 4.77. The van der Waals surface area contributed by atoms with E-state index in [4.69, 9.17) is 0 Å². The molecule has 0 bridgehead atoms. The van der Waals surface area contributed by atoms with Gasteiger partial charge < -0.3 is 5.32 Å². The molecule has 6 heteroatoms. The molecule has 0 saturated heterocycles. The Bertz CT molecular complexity index is 550. The molecular formula is C15H28N2O2S2. The van der Waals surface area contributed by atoms with Crippen LogP contribution in [-0.2, 0) is 16.6 Å². The zero-order valence-electron chi connectivity index (χ0n) is 13.9. The van der Waals surface area contributed by atoms with Crippen LogP contribution in [0, 0.1) is 12.8 Å². The molecule has 0 aliphatic heterocycles. The predicted octanol–water partition coefficient (Wildman–Crippen LogP) is 3.22. The summed E-state index contributed by atoms with van der Waals surface area (Å²) in [5.74, 6) is 0.362. The lowest BCUT2D eigenvalue weighted by Crippen LogP contribution is -2.32. The molecule has 0 aliphatic rings. The molecule has 0 radical (unpaired) electrons. The quantitative estimate of drug-likeness (QED) is 0.795. The van der Waals surface area contributed by atoms with Gasteiger partial charge in [0, 0.05) is 31.1 Å². The number of aryl methyl sites for hydroxylation is 1. The Morgan fingerprint density at radius 2 is 1.95 bits per heavy atom. The summed E-state index contributed by atoms with van der Waals surface area (Å²) in [6.07, 6.45) is 0.976. The Kier molecular flexibility index (Phi) is 6.84. The molecule has 0 aliphatic carbocycles. The van der Waals surface area contributed by atoms with Crippen molar-refractivity contribution >= 4 is 21.4 Å². The zero-order chi connectivity index (χ0) is 16.2. The van der Waals surface area contributed by atoms with Crippen LogP contribution in [0.4, 0.5) is 0 Å². The molecule has 1 aromatic rings. The first-order valence-corrected chi connectivity index (χ1v) is 9.78. The Morgan fingerprint density at radius 1 is 1.33 bits per heavy atom. The van der Waals surface area contributed by atoms with Gasteiger partial charge in [0.1, 0.15) is 4.90 Å². The molecule has 1 unspecified atom stereocenters. The average molecular weight is 333 g/mol. The standard InChI is InChI=1S/C15H28N2O2S2/c1-7-12(4)9-17(6)21(18,19)15-13(5)10-20-14(15)8-16-11(2)3/h10-12,16H,7-9H2,1-6H3. The van der Waals surface area contributed by atoms with E-state index in [2.05, 4.69) is 33.0 Å². The van der Waals surface area contributed by atoms with Gasteiger partial charge in [0.2, 0.25) is 10.0 Å². The molecule has 122 valence electrons. The van der Waals surface area contributed by atoms with Gasteiger partial charge in [0.05, 0.1) is 0 Å². The second-order valence-corrected chi connectivity index (χ2v) is 8.95. The molecule has 1 atom stereocenters. The zero-order valence-corrected chi connectivity index (χ0v) is 15.6. The molecule has 0 spiro atoms. The second kappa shape index (κ2) is 7.72. The number of nitrogens with one attached hydrogen (secondary N) is 1. The van der Waals surface area contributed by atoms with Crippen molar-refractivity contribution in [3.05, 3.63) is 15.8 Å². The Hall–Kier alpha value is -0.430. The maximum Gasteiger partial charge on any atom is 0.244 e. The summed E-state index contributed by atoms with van der Waals surface area (Å²) < 4.78 is 27.2. The number of rotatable bonds is 8. The summed E-state index contributed by atoms with van der Waals surface area (Å²) in [5, 5.41) is 5.24. The molecule has 4 nitrogen and oxygen atoms in total. The summed E-state index contributed by atoms with van der Waals surface area (Å²) in [6.45, 7) is 11.3. The molecule has 0 saturated carbocycles. The van der Waals surface area contributed by atoms with Crippen LogP contribution in [0.2, 0.25) is 0 Å². The highest BCUT2D eigenvalue weighted by Crippen LogP contribution is 2.29. The highest BCUT2D eigenvalue weighted by molar-refractivity contribution is 7.89. The van der Waals surface area contributed by atoms with E-state index in [0.717, 1.165) is 16.9 Å². The largest absolute Gasteiger partial charge is 0.310 e. The minimum atomic E-state index is -3.41. The first-order chi connectivity index (χ1) is 9.70. The van der Waals surface area contributed by atoms with Crippen LogP contribution in [0.25, 0.3) is 0 Å². The second-order valence-electron chi connectivity index (χ2n) is 6.01. The van der Waals surface area contributed by atoms with Gasteiger partial charge in [-0.15, -0.1) is 11.3 Å². The molecule has 0 fully saturated rings. The van der Waals surface area contributed by atoms with Crippen molar-refractivity contribution in [2.24, 2.45) is 5.92 Å². The van der Waals surface area contributed by atoms with Gasteiger partial charge in [0.15, 0.2) is 0 Å². The third-order valence-corrected chi connectivity index (χ3v) is 6.88. The van der Waals surface area contributed by atoms with E-state index in [9.17, 15) is 8.42 Å². The lowest BCUT2D eigenvalue weighted by molar-refractivity contribution is 0.393. The highest BCUT2D eigenvalue weighted by Gasteiger charge is 2.28. The smallest absolute Gasteiger partial charge is 0.244 e. The molecule has 21 heavy (non-hydrogen) atoms. The van der Waals surface area contributed by atoms with E-state index in [0.29, 0.717) is 29.9 Å². The number of hydrogen-bond acceptors (Lipinski definition) is 4.